The van der Waals surface area contributed by atoms with E-state index in [2.05, 4.69) is 5.32 Å². The minimum atomic E-state index is -0.409. The van der Waals surface area contributed by atoms with Gasteiger partial charge in [-0.2, -0.15) is 0 Å². The van der Waals surface area contributed by atoms with Crippen molar-refractivity contribution < 1.29 is 4.79 Å². The zero-order valence-corrected chi connectivity index (χ0v) is 12.0. The lowest BCUT2D eigenvalue weighted by atomic mass is 10.1. The third-order valence-electron chi connectivity index (χ3n) is 3.25. The second-order valence-electron chi connectivity index (χ2n) is 4.65. The van der Waals surface area contributed by atoms with Crippen LogP contribution in [-0.4, -0.2) is 5.91 Å². The van der Waals surface area contributed by atoms with Crippen LogP contribution in [-0.2, 0) is 6.54 Å². The second kappa shape index (κ2) is 6.55. The van der Waals surface area contributed by atoms with Crippen molar-refractivity contribution in [1.82, 2.24) is 5.32 Å². The fraction of sp³-hybridized carbons (Fsp3) is 0.188. The molecule has 20 heavy (non-hydrogen) atoms. The number of amides is 1. The molecule has 0 spiro atoms. The van der Waals surface area contributed by atoms with Crippen molar-refractivity contribution >= 4 is 17.5 Å². The van der Waals surface area contributed by atoms with Crippen LogP contribution in [0.2, 0.25) is 5.02 Å². The molecule has 0 fully saturated rings. The summed E-state index contributed by atoms with van der Waals surface area (Å²) in [5, 5.41) is 4.09. The zero-order chi connectivity index (χ0) is 14.5. The third-order valence-corrected chi connectivity index (χ3v) is 3.60. The SMILES string of the molecule is C[C@@H](NCc1ccccc1C(N)=O)c1ccccc1Cl. The largest absolute Gasteiger partial charge is 0.366 e. The Labute approximate surface area is 123 Å². The molecular formula is C16H17ClN2O. The van der Waals surface area contributed by atoms with Crippen LogP contribution in [0.15, 0.2) is 48.5 Å². The Morgan fingerprint density at radius 1 is 1.20 bits per heavy atom. The summed E-state index contributed by atoms with van der Waals surface area (Å²) >= 11 is 6.17. The Hall–Kier alpha value is -1.84. The first-order valence-electron chi connectivity index (χ1n) is 6.45. The first kappa shape index (κ1) is 14.6. The van der Waals surface area contributed by atoms with Gasteiger partial charge in [0.25, 0.3) is 0 Å². The van der Waals surface area contributed by atoms with Gasteiger partial charge in [-0.3, -0.25) is 4.79 Å². The number of hydrogen-bond acceptors (Lipinski definition) is 2. The quantitative estimate of drug-likeness (QED) is 0.887. The van der Waals surface area contributed by atoms with Gasteiger partial charge < -0.3 is 11.1 Å². The highest BCUT2D eigenvalue weighted by Crippen LogP contribution is 2.22. The Kier molecular flexibility index (Phi) is 4.77. The summed E-state index contributed by atoms with van der Waals surface area (Å²) in [7, 11) is 0. The molecule has 2 aromatic carbocycles. The molecule has 2 rings (SSSR count). The van der Waals surface area contributed by atoms with E-state index in [0.717, 1.165) is 16.1 Å². The number of benzene rings is 2. The molecule has 2 aromatic rings. The zero-order valence-electron chi connectivity index (χ0n) is 11.3. The maximum atomic E-state index is 11.4. The second-order valence-corrected chi connectivity index (χ2v) is 5.05. The highest BCUT2D eigenvalue weighted by atomic mass is 35.5. The number of primary amides is 1. The number of carbonyl (C=O) groups excluding carboxylic acids is 1. The van der Waals surface area contributed by atoms with E-state index in [4.69, 9.17) is 17.3 Å². The van der Waals surface area contributed by atoms with Gasteiger partial charge in [-0.25, -0.2) is 0 Å². The minimum Gasteiger partial charge on any atom is -0.366 e. The monoisotopic (exact) mass is 288 g/mol. The van der Waals surface area contributed by atoms with Crippen LogP contribution >= 0.6 is 11.6 Å². The number of halogens is 1. The van der Waals surface area contributed by atoms with Crippen molar-refractivity contribution in [3.63, 3.8) is 0 Å². The normalized spacial score (nSPS) is 12.1. The number of rotatable bonds is 5. The van der Waals surface area contributed by atoms with Crippen molar-refractivity contribution in [3.8, 4) is 0 Å². The fourth-order valence-corrected chi connectivity index (χ4v) is 2.41. The van der Waals surface area contributed by atoms with Gasteiger partial charge >= 0.3 is 0 Å². The number of nitrogens with one attached hydrogen (secondary N) is 1. The molecule has 0 saturated carbocycles. The van der Waals surface area contributed by atoms with Gasteiger partial charge in [-0.05, 0) is 30.2 Å². The lowest BCUT2D eigenvalue weighted by molar-refractivity contribution is 0.0999. The highest BCUT2D eigenvalue weighted by molar-refractivity contribution is 6.31. The van der Waals surface area contributed by atoms with E-state index in [-0.39, 0.29) is 6.04 Å². The summed E-state index contributed by atoms with van der Waals surface area (Å²) < 4.78 is 0. The number of carbonyl (C=O) groups is 1. The van der Waals surface area contributed by atoms with Crippen LogP contribution in [0.25, 0.3) is 0 Å². The predicted molar refractivity (Wildman–Crippen MR) is 81.7 cm³/mol. The van der Waals surface area contributed by atoms with E-state index < -0.39 is 5.91 Å². The average molecular weight is 289 g/mol. The number of hydrogen-bond donors (Lipinski definition) is 2. The van der Waals surface area contributed by atoms with Gasteiger partial charge in [0, 0.05) is 23.2 Å². The molecule has 0 bridgehead atoms. The van der Waals surface area contributed by atoms with Crippen molar-refractivity contribution in [3.05, 3.63) is 70.2 Å². The molecule has 0 aliphatic carbocycles. The molecule has 1 atom stereocenters. The smallest absolute Gasteiger partial charge is 0.249 e. The van der Waals surface area contributed by atoms with E-state index in [9.17, 15) is 4.79 Å². The molecule has 3 N–H and O–H groups in total. The molecule has 0 aliphatic rings. The first-order chi connectivity index (χ1) is 9.59. The molecule has 3 nitrogen and oxygen atoms in total. The summed E-state index contributed by atoms with van der Waals surface area (Å²) in [5.74, 6) is -0.409. The summed E-state index contributed by atoms with van der Waals surface area (Å²) in [6, 6.07) is 15.1. The van der Waals surface area contributed by atoms with Gasteiger partial charge in [-0.15, -0.1) is 0 Å². The minimum absolute atomic E-state index is 0.0876. The molecule has 0 heterocycles. The molecular weight excluding hydrogens is 272 g/mol. The van der Waals surface area contributed by atoms with Crippen molar-refractivity contribution in [2.45, 2.75) is 19.5 Å². The van der Waals surface area contributed by atoms with Crippen molar-refractivity contribution in [1.29, 1.82) is 0 Å². The Morgan fingerprint density at radius 3 is 2.55 bits per heavy atom. The van der Waals surface area contributed by atoms with Crippen LogP contribution in [0.4, 0.5) is 0 Å². The predicted octanol–water partition coefficient (Wildman–Crippen LogP) is 3.29. The molecule has 104 valence electrons. The molecule has 4 heteroatoms. The summed E-state index contributed by atoms with van der Waals surface area (Å²) in [6.07, 6.45) is 0. The lowest BCUT2D eigenvalue weighted by Gasteiger charge is -2.16. The van der Waals surface area contributed by atoms with E-state index >= 15 is 0 Å². The van der Waals surface area contributed by atoms with Crippen molar-refractivity contribution in [2.24, 2.45) is 5.73 Å². The van der Waals surface area contributed by atoms with Gasteiger partial charge in [0.2, 0.25) is 5.91 Å². The molecule has 0 unspecified atom stereocenters. The van der Waals surface area contributed by atoms with Crippen LogP contribution in [0.3, 0.4) is 0 Å². The van der Waals surface area contributed by atoms with Crippen LogP contribution in [0.5, 0.6) is 0 Å². The fourth-order valence-electron chi connectivity index (χ4n) is 2.11. The molecule has 1 amide bonds. The molecule has 0 saturated heterocycles. The highest BCUT2D eigenvalue weighted by Gasteiger charge is 2.11. The molecule has 0 aliphatic heterocycles. The Bertz CT molecular complexity index is 613. The van der Waals surface area contributed by atoms with Gasteiger partial charge in [0.1, 0.15) is 0 Å². The Balaban J connectivity index is 2.10. The van der Waals surface area contributed by atoms with E-state index in [1.807, 2.05) is 43.3 Å². The summed E-state index contributed by atoms with van der Waals surface area (Å²) in [5.41, 5.74) is 7.84. The lowest BCUT2D eigenvalue weighted by Crippen LogP contribution is -2.21. The van der Waals surface area contributed by atoms with Gasteiger partial charge in [-0.1, -0.05) is 48.0 Å². The molecule has 0 aromatic heterocycles. The first-order valence-corrected chi connectivity index (χ1v) is 6.83. The summed E-state index contributed by atoms with van der Waals surface area (Å²) in [4.78, 5) is 11.4. The molecule has 0 radical (unpaired) electrons. The van der Waals surface area contributed by atoms with E-state index in [1.165, 1.54) is 0 Å². The third kappa shape index (κ3) is 3.38. The maximum absolute atomic E-state index is 11.4. The van der Waals surface area contributed by atoms with E-state index in [1.54, 1.807) is 12.1 Å². The van der Waals surface area contributed by atoms with Crippen LogP contribution in [0, 0.1) is 0 Å². The summed E-state index contributed by atoms with van der Waals surface area (Å²) in [6.45, 7) is 2.60. The van der Waals surface area contributed by atoms with Crippen molar-refractivity contribution in [2.75, 3.05) is 0 Å². The number of nitrogens with two attached hydrogens (primary N) is 1. The van der Waals surface area contributed by atoms with Crippen LogP contribution < -0.4 is 11.1 Å². The maximum Gasteiger partial charge on any atom is 0.249 e. The van der Waals surface area contributed by atoms with Gasteiger partial charge in [0.15, 0.2) is 0 Å². The van der Waals surface area contributed by atoms with E-state index in [0.29, 0.717) is 12.1 Å². The van der Waals surface area contributed by atoms with Gasteiger partial charge in [0.05, 0.1) is 0 Å². The standard InChI is InChI=1S/C16H17ClN2O/c1-11(13-7-4-5-9-15(13)17)19-10-12-6-2-3-8-14(12)16(18)20/h2-9,11,19H,10H2,1H3,(H2,18,20)/t11-/m1/s1. The Morgan fingerprint density at radius 2 is 1.85 bits per heavy atom. The average Bonchev–Trinajstić information content (AvgIpc) is 2.45. The topological polar surface area (TPSA) is 55.1 Å². The van der Waals surface area contributed by atoms with Crippen LogP contribution in [0.1, 0.15) is 34.5 Å².